The lowest BCUT2D eigenvalue weighted by molar-refractivity contribution is 0.208. The number of nitrogens with zero attached hydrogens (tertiary/aromatic N) is 2. The van der Waals surface area contributed by atoms with E-state index in [1.807, 2.05) is 0 Å². The topological polar surface area (TPSA) is 27.7 Å². The van der Waals surface area contributed by atoms with Crippen molar-refractivity contribution in [2.75, 3.05) is 40.3 Å². The van der Waals surface area contributed by atoms with Crippen LogP contribution in [0.25, 0.3) is 0 Å². The Balaban J connectivity index is 1.83. The van der Waals surface area contributed by atoms with Gasteiger partial charge in [0.1, 0.15) is 5.75 Å². The lowest BCUT2D eigenvalue weighted by atomic mass is 9.91. The van der Waals surface area contributed by atoms with Crippen LogP contribution in [0.1, 0.15) is 30.0 Å². The summed E-state index contributed by atoms with van der Waals surface area (Å²) in [4.78, 5) is 4.99. The van der Waals surface area contributed by atoms with Gasteiger partial charge in [-0.15, -0.1) is 0 Å². The van der Waals surface area contributed by atoms with Gasteiger partial charge in [0.15, 0.2) is 0 Å². The van der Waals surface area contributed by atoms with E-state index >= 15 is 0 Å². The lowest BCUT2D eigenvalue weighted by Crippen LogP contribution is -2.43. The second kappa shape index (κ2) is 6.99. The molecule has 2 aliphatic heterocycles. The van der Waals surface area contributed by atoms with Gasteiger partial charge in [0, 0.05) is 50.9 Å². The summed E-state index contributed by atoms with van der Waals surface area (Å²) in [6, 6.07) is 5.36. The number of ether oxygens (including phenoxy) is 1. The van der Waals surface area contributed by atoms with Crippen LogP contribution in [0.5, 0.6) is 5.75 Å². The van der Waals surface area contributed by atoms with Gasteiger partial charge >= 0.3 is 0 Å². The van der Waals surface area contributed by atoms with Gasteiger partial charge < -0.3 is 10.1 Å². The Morgan fingerprint density at radius 3 is 2.68 bits per heavy atom. The molecule has 0 bridgehead atoms. The largest absolute Gasteiger partial charge is 0.496 e. The summed E-state index contributed by atoms with van der Waals surface area (Å²) in [5.41, 5.74) is 4.31. The highest BCUT2D eigenvalue weighted by Crippen LogP contribution is 2.31. The highest BCUT2D eigenvalue weighted by atomic mass is 16.5. The molecule has 0 aliphatic carbocycles. The third-order valence-electron chi connectivity index (χ3n) is 5.18. The first kappa shape index (κ1) is 15.8. The fourth-order valence-corrected chi connectivity index (χ4v) is 3.74. The van der Waals surface area contributed by atoms with Crippen LogP contribution in [0, 0.1) is 0 Å². The van der Waals surface area contributed by atoms with E-state index in [4.69, 9.17) is 4.74 Å². The Hall–Kier alpha value is -1.10. The molecule has 3 rings (SSSR count). The van der Waals surface area contributed by atoms with Crippen LogP contribution in [0.2, 0.25) is 0 Å². The van der Waals surface area contributed by atoms with Crippen molar-refractivity contribution in [1.82, 2.24) is 15.1 Å². The van der Waals surface area contributed by atoms with E-state index in [1.54, 1.807) is 7.11 Å². The Labute approximate surface area is 134 Å². The summed E-state index contributed by atoms with van der Waals surface area (Å²) in [6.07, 6.45) is 2.38. The molecule has 22 heavy (non-hydrogen) atoms. The molecule has 1 unspecified atom stereocenters. The molecule has 1 saturated heterocycles. The molecule has 0 saturated carbocycles. The fraction of sp³-hybridized carbons (Fsp3) is 0.667. The number of methoxy groups -OCH3 is 1. The molecule has 1 N–H and O–H groups in total. The molecular formula is C18H29N3O. The molecule has 1 atom stereocenters. The molecule has 0 aromatic heterocycles. The smallest absolute Gasteiger partial charge is 0.123 e. The summed E-state index contributed by atoms with van der Waals surface area (Å²) in [5, 5.41) is 3.42. The number of hydrogen-bond donors (Lipinski definition) is 1. The summed E-state index contributed by atoms with van der Waals surface area (Å²) in [7, 11) is 4.03. The Morgan fingerprint density at radius 1 is 1.23 bits per heavy atom. The van der Waals surface area contributed by atoms with Crippen molar-refractivity contribution < 1.29 is 4.74 Å². The SMILES string of the molecule is CCC1Cc2cc(CN3CCNCC3)c(OC)cc2CN1C. The standard InChI is InChI=1S/C18H29N3O/c1-4-17-10-14-9-16(13-21-7-5-19-6-8-21)18(22-3)11-15(14)12-20(17)2/h9,11,17,19H,4-8,10,12-13H2,1-3H3. The van der Waals surface area contributed by atoms with Crippen LogP contribution >= 0.6 is 0 Å². The van der Waals surface area contributed by atoms with E-state index in [9.17, 15) is 0 Å². The van der Waals surface area contributed by atoms with Gasteiger partial charge in [0.05, 0.1) is 7.11 Å². The van der Waals surface area contributed by atoms with E-state index < -0.39 is 0 Å². The number of nitrogens with one attached hydrogen (secondary N) is 1. The number of piperazine rings is 1. The maximum Gasteiger partial charge on any atom is 0.123 e. The predicted octanol–water partition coefficient (Wildman–Crippen LogP) is 1.87. The molecular weight excluding hydrogens is 274 g/mol. The molecule has 0 spiro atoms. The third kappa shape index (κ3) is 3.29. The fourth-order valence-electron chi connectivity index (χ4n) is 3.74. The molecule has 1 aromatic rings. The van der Waals surface area contributed by atoms with E-state index in [1.165, 1.54) is 29.5 Å². The van der Waals surface area contributed by atoms with E-state index in [0.717, 1.165) is 45.0 Å². The monoisotopic (exact) mass is 303 g/mol. The van der Waals surface area contributed by atoms with E-state index in [2.05, 4.69) is 41.2 Å². The second-order valence-corrected chi connectivity index (χ2v) is 6.64. The minimum Gasteiger partial charge on any atom is -0.496 e. The van der Waals surface area contributed by atoms with Gasteiger partial charge in [-0.3, -0.25) is 9.80 Å². The Bertz CT molecular complexity index is 511. The lowest BCUT2D eigenvalue weighted by Gasteiger charge is -2.34. The average molecular weight is 303 g/mol. The normalized spacial score (nSPS) is 23.3. The zero-order chi connectivity index (χ0) is 15.5. The molecule has 2 heterocycles. The van der Waals surface area contributed by atoms with Crippen LogP contribution in [0.3, 0.4) is 0 Å². The first-order valence-corrected chi connectivity index (χ1v) is 8.53. The van der Waals surface area contributed by atoms with Gasteiger partial charge in [0.2, 0.25) is 0 Å². The molecule has 1 fully saturated rings. The Kier molecular flexibility index (Phi) is 5.01. The van der Waals surface area contributed by atoms with Crippen molar-refractivity contribution in [3.05, 3.63) is 28.8 Å². The highest BCUT2D eigenvalue weighted by Gasteiger charge is 2.24. The van der Waals surface area contributed by atoms with Crippen LogP contribution in [-0.4, -0.2) is 56.2 Å². The highest BCUT2D eigenvalue weighted by molar-refractivity contribution is 5.44. The average Bonchev–Trinajstić information content (AvgIpc) is 2.55. The molecule has 2 aliphatic rings. The zero-order valence-corrected chi connectivity index (χ0v) is 14.2. The summed E-state index contributed by atoms with van der Waals surface area (Å²) >= 11 is 0. The van der Waals surface area contributed by atoms with Gasteiger partial charge in [-0.25, -0.2) is 0 Å². The van der Waals surface area contributed by atoms with Crippen molar-refractivity contribution in [2.45, 2.75) is 38.9 Å². The first-order valence-electron chi connectivity index (χ1n) is 8.53. The molecule has 122 valence electrons. The molecule has 0 radical (unpaired) electrons. The minimum atomic E-state index is 0.674. The number of fused-ring (bicyclic) bond motifs is 1. The zero-order valence-electron chi connectivity index (χ0n) is 14.2. The number of likely N-dealkylation sites (N-methyl/N-ethyl adjacent to an activating group) is 1. The summed E-state index contributed by atoms with van der Waals surface area (Å²) in [5.74, 6) is 1.06. The van der Waals surface area contributed by atoms with E-state index in [-0.39, 0.29) is 0 Å². The number of rotatable bonds is 4. The predicted molar refractivity (Wildman–Crippen MR) is 90.4 cm³/mol. The molecule has 0 amide bonds. The molecule has 4 nitrogen and oxygen atoms in total. The van der Waals surface area contributed by atoms with Crippen LogP contribution < -0.4 is 10.1 Å². The van der Waals surface area contributed by atoms with Crippen molar-refractivity contribution >= 4 is 0 Å². The summed E-state index contributed by atoms with van der Waals surface area (Å²) < 4.78 is 5.68. The molecule has 4 heteroatoms. The first-order chi connectivity index (χ1) is 10.7. The van der Waals surface area contributed by atoms with E-state index in [0.29, 0.717) is 6.04 Å². The van der Waals surface area contributed by atoms with Crippen molar-refractivity contribution in [3.8, 4) is 5.75 Å². The van der Waals surface area contributed by atoms with Gasteiger partial charge in [-0.2, -0.15) is 0 Å². The van der Waals surface area contributed by atoms with Gasteiger partial charge in [-0.05, 0) is 37.1 Å². The van der Waals surface area contributed by atoms with Crippen molar-refractivity contribution in [3.63, 3.8) is 0 Å². The maximum atomic E-state index is 5.68. The quantitative estimate of drug-likeness (QED) is 0.919. The van der Waals surface area contributed by atoms with Crippen molar-refractivity contribution in [1.29, 1.82) is 0 Å². The number of benzene rings is 1. The maximum absolute atomic E-state index is 5.68. The minimum absolute atomic E-state index is 0.674. The van der Waals surface area contributed by atoms with Crippen molar-refractivity contribution in [2.24, 2.45) is 0 Å². The number of hydrogen-bond acceptors (Lipinski definition) is 4. The van der Waals surface area contributed by atoms with Crippen LogP contribution in [0.15, 0.2) is 12.1 Å². The second-order valence-electron chi connectivity index (χ2n) is 6.64. The van der Waals surface area contributed by atoms with Gasteiger partial charge in [-0.1, -0.05) is 13.0 Å². The molecule has 1 aromatic carbocycles. The van der Waals surface area contributed by atoms with Gasteiger partial charge in [0.25, 0.3) is 0 Å². The summed E-state index contributed by atoms with van der Waals surface area (Å²) in [6.45, 7) is 8.77. The van der Waals surface area contributed by atoms with Crippen LogP contribution in [0.4, 0.5) is 0 Å². The third-order valence-corrected chi connectivity index (χ3v) is 5.18. The van der Waals surface area contributed by atoms with Crippen LogP contribution in [-0.2, 0) is 19.5 Å². The Morgan fingerprint density at radius 2 is 2.00 bits per heavy atom.